The summed E-state index contributed by atoms with van der Waals surface area (Å²) in [7, 11) is -2.51. The van der Waals surface area contributed by atoms with E-state index in [1.165, 1.54) is 12.1 Å². The Morgan fingerprint density at radius 1 is 1.39 bits per heavy atom. The quantitative estimate of drug-likeness (QED) is 0.522. The smallest absolute Gasteiger partial charge is 0.403 e. The number of nitrogens with one attached hydrogen (secondary N) is 4. The number of hydrazone groups is 1. The first kappa shape index (κ1) is 21.8. The van der Waals surface area contributed by atoms with Gasteiger partial charge in [-0.25, -0.2) is 14.0 Å². The molecule has 2 rings (SSSR count). The van der Waals surface area contributed by atoms with Gasteiger partial charge in [0, 0.05) is 7.05 Å². The van der Waals surface area contributed by atoms with Crippen LogP contribution in [-0.4, -0.2) is 44.5 Å². The molecule has 1 aliphatic heterocycles. The fourth-order valence-corrected chi connectivity index (χ4v) is 3.57. The van der Waals surface area contributed by atoms with Crippen LogP contribution in [0.25, 0.3) is 0 Å². The lowest BCUT2D eigenvalue weighted by molar-refractivity contribution is -0.274. The number of sulfonamides is 1. The molecule has 0 unspecified atom stereocenters. The molecule has 0 bridgehead atoms. The molecule has 1 aliphatic rings. The van der Waals surface area contributed by atoms with Crippen LogP contribution >= 0.6 is 11.6 Å². The lowest BCUT2D eigenvalue weighted by Crippen LogP contribution is -2.45. The van der Waals surface area contributed by atoms with E-state index in [0.29, 0.717) is 0 Å². The highest BCUT2D eigenvalue weighted by molar-refractivity contribution is 7.92. The molecule has 0 saturated carbocycles. The summed E-state index contributed by atoms with van der Waals surface area (Å²) in [6, 6.07) is 1.75. The van der Waals surface area contributed by atoms with Crippen LogP contribution < -0.4 is 25.8 Å². The molecule has 28 heavy (non-hydrogen) atoms. The second-order valence-electron chi connectivity index (χ2n) is 5.44. The maximum atomic E-state index is 12.6. The monoisotopic (exact) mass is 444 g/mol. The van der Waals surface area contributed by atoms with E-state index in [0.717, 1.165) is 12.1 Å². The van der Waals surface area contributed by atoms with Crippen LogP contribution in [0.4, 0.5) is 18.9 Å². The third kappa shape index (κ3) is 5.53. The van der Waals surface area contributed by atoms with Crippen LogP contribution in [0.5, 0.6) is 5.75 Å². The van der Waals surface area contributed by atoms with Crippen molar-refractivity contribution >= 4 is 39.2 Å². The van der Waals surface area contributed by atoms with Gasteiger partial charge in [0.15, 0.2) is 5.75 Å². The average Bonchev–Trinajstić information content (AvgIpc) is 2.94. The van der Waals surface area contributed by atoms with Crippen LogP contribution in [0.3, 0.4) is 0 Å². The van der Waals surface area contributed by atoms with Crippen molar-refractivity contribution in [3.8, 4) is 5.75 Å². The summed E-state index contributed by atoms with van der Waals surface area (Å²) in [4.78, 5) is 12.4. The Kier molecular flexibility index (Phi) is 6.46. The van der Waals surface area contributed by atoms with Gasteiger partial charge in [0.2, 0.25) is 16.0 Å². The molecule has 1 heterocycles. The minimum absolute atomic E-state index is 0.0461. The summed E-state index contributed by atoms with van der Waals surface area (Å²) in [5, 5.41) is 6.80. The van der Waals surface area contributed by atoms with Crippen molar-refractivity contribution in [2.24, 2.45) is 5.10 Å². The number of alkyl halides is 3. The number of ether oxygens (including phenoxy) is 1. The molecule has 0 aliphatic carbocycles. The SMILES string of the molecule is CCCS(=O)(=O)Nc1c(OC(F)(F)F)ccc(C(=O)NC2=NNNN2C)c1Cl. The molecule has 0 saturated heterocycles. The molecule has 0 radical (unpaired) electrons. The zero-order valence-electron chi connectivity index (χ0n) is 14.5. The van der Waals surface area contributed by atoms with E-state index < -0.39 is 38.8 Å². The lowest BCUT2D eigenvalue weighted by atomic mass is 10.1. The van der Waals surface area contributed by atoms with Crippen molar-refractivity contribution in [2.45, 2.75) is 19.7 Å². The topological polar surface area (TPSA) is 124 Å². The number of hydrogen-bond donors (Lipinski definition) is 4. The number of guanidine groups is 1. The Bertz CT molecular complexity index is 893. The van der Waals surface area contributed by atoms with Crippen molar-refractivity contribution in [3.63, 3.8) is 0 Å². The molecule has 1 amide bonds. The minimum atomic E-state index is -5.10. The Morgan fingerprint density at radius 2 is 2.07 bits per heavy atom. The van der Waals surface area contributed by atoms with Gasteiger partial charge >= 0.3 is 6.36 Å². The van der Waals surface area contributed by atoms with Crippen molar-refractivity contribution in [1.82, 2.24) is 21.4 Å². The molecule has 15 heteroatoms. The first-order valence-electron chi connectivity index (χ1n) is 7.65. The number of halogens is 4. The number of amides is 1. The number of anilines is 1. The number of carbonyl (C=O) groups excluding carboxylic acids is 1. The molecule has 1 aromatic rings. The Hall–Kier alpha value is -2.45. The fraction of sp³-hybridized carbons (Fsp3) is 0.385. The molecule has 0 aromatic heterocycles. The molecule has 0 fully saturated rings. The van der Waals surface area contributed by atoms with Gasteiger partial charge in [0.1, 0.15) is 5.69 Å². The highest BCUT2D eigenvalue weighted by Crippen LogP contribution is 2.38. The Labute approximate surface area is 163 Å². The summed E-state index contributed by atoms with van der Waals surface area (Å²) < 4.78 is 67.8. The highest BCUT2D eigenvalue weighted by atomic mass is 35.5. The van der Waals surface area contributed by atoms with Gasteiger partial charge in [-0.1, -0.05) is 18.5 Å². The lowest BCUT2D eigenvalue weighted by Gasteiger charge is -2.18. The summed E-state index contributed by atoms with van der Waals surface area (Å²) >= 11 is 6.05. The summed E-state index contributed by atoms with van der Waals surface area (Å²) in [5.41, 5.74) is 3.90. The molecule has 10 nitrogen and oxygen atoms in total. The van der Waals surface area contributed by atoms with Crippen LogP contribution in [0.15, 0.2) is 17.2 Å². The number of hydrazine groups is 2. The molecule has 4 N–H and O–H groups in total. The van der Waals surface area contributed by atoms with Crippen molar-refractivity contribution < 1.29 is 31.1 Å². The number of nitrogens with zero attached hydrogens (tertiary/aromatic N) is 2. The summed E-state index contributed by atoms with van der Waals surface area (Å²) in [6.07, 6.45) is -4.90. The second-order valence-corrected chi connectivity index (χ2v) is 7.66. The van der Waals surface area contributed by atoms with Gasteiger partial charge in [-0.15, -0.1) is 23.8 Å². The van der Waals surface area contributed by atoms with E-state index in [-0.39, 0.29) is 23.7 Å². The van der Waals surface area contributed by atoms with Crippen LogP contribution in [0.2, 0.25) is 5.02 Å². The number of hydrogen-bond acceptors (Lipinski definition) is 8. The normalized spacial score (nSPS) is 14.4. The van der Waals surface area contributed by atoms with Crippen molar-refractivity contribution in [3.05, 3.63) is 22.7 Å². The summed E-state index contributed by atoms with van der Waals surface area (Å²) in [5.74, 6) is -2.06. The van der Waals surface area contributed by atoms with E-state index in [9.17, 15) is 26.4 Å². The maximum Gasteiger partial charge on any atom is 0.573 e. The largest absolute Gasteiger partial charge is 0.573 e. The zero-order chi connectivity index (χ0) is 21.1. The first-order chi connectivity index (χ1) is 12.9. The predicted octanol–water partition coefficient (Wildman–Crippen LogP) is 1.35. The minimum Gasteiger partial charge on any atom is -0.403 e. The van der Waals surface area contributed by atoms with Gasteiger partial charge in [-0.2, -0.15) is 0 Å². The second kappa shape index (κ2) is 8.28. The molecule has 0 atom stereocenters. The van der Waals surface area contributed by atoms with Gasteiger partial charge in [-0.3, -0.25) is 19.8 Å². The third-order valence-electron chi connectivity index (χ3n) is 3.23. The number of rotatable bonds is 6. The fourth-order valence-electron chi connectivity index (χ4n) is 2.08. The van der Waals surface area contributed by atoms with E-state index in [1.807, 2.05) is 4.72 Å². The Balaban J connectivity index is 2.43. The van der Waals surface area contributed by atoms with Gasteiger partial charge < -0.3 is 4.74 Å². The Morgan fingerprint density at radius 3 is 2.61 bits per heavy atom. The molecular formula is C13H16ClF3N6O4S. The van der Waals surface area contributed by atoms with Crippen LogP contribution in [0.1, 0.15) is 23.7 Å². The van der Waals surface area contributed by atoms with Crippen LogP contribution in [-0.2, 0) is 10.0 Å². The first-order valence-corrected chi connectivity index (χ1v) is 9.68. The third-order valence-corrected chi connectivity index (χ3v) is 5.08. The predicted molar refractivity (Wildman–Crippen MR) is 94.8 cm³/mol. The number of benzene rings is 1. The average molecular weight is 445 g/mol. The maximum absolute atomic E-state index is 12.6. The van der Waals surface area contributed by atoms with Gasteiger partial charge in [-0.05, 0) is 18.6 Å². The number of carbonyl (C=O) groups is 1. The molecule has 0 spiro atoms. The molecule has 156 valence electrons. The molecule has 1 aromatic carbocycles. The van der Waals surface area contributed by atoms with Crippen molar-refractivity contribution in [1.29, 1.82) is 0 Å². The summed E-state index contributed by atoms with van der Waals surface area (Å²) in [6.45, 7) is 1.57. The van der Waals surface area contributed by atoms with E-state index >= 15 is 0 Å². The van der Waals surface area contributed by atoms with E-state index in [4.69, 9.17) is 11.6 Å². The van der Waals surface area contributed by atoms with Gasteiger partial charge in [0.25, 0.3) is 5.91 Å². The van der Waals surface area contributed by atoms with Gasteiger partial charge in [0.05, 0.1) is 16.3 Å². The van der Waals surface area contributed by atoms with E-state index in [1.54, 1.807) is 6.92 Å². The standard InChI is InChI=1S/C13H16ClF3N6O4S/c1-3-6-28(25,26)20-10-8(27-13(15,16)17)5-4-7(9(10)14)11(24)18-12-19-21-22-23(12)2/h4-5,20-22H,3,6H2,1-2H3,(H,18,19,24). The zero-order valence-corrected chi connectivity index (χ0v) is 16.1. The molecular weight excluding hydrogens is 429 g/mol. The highest BCUT2D eigenvalue weighted by Gasteiger charge is 2.34. The van der Waals surface area contributed by atoms with Crippen LogP contribution in [0, 0.1) is 0 Å². The van der Waals surface area contributed by atoms with E-state index in [2.05, 4.69) is 26.2 Å². The van der Waals surface area contributed by atoms with Crippen molar-refractivity contribution in [2.75, 3.05) is 17.5 Å².